The summed E-state index contributed by atoms with van der Waals surface area (Å²) < 4.78 is 1.76. The average molecular weight is 611 g/mol. The fourth-order valence-corrected chi connectivity index (χ4v) is 5.89. The van der Waals surface area contributed by atoms with Gasteiger partial charge in [-0.25, -0.2) is 0 Å². The normalized spacial score (nSPS) is 16.5. The highest BCUT2D eigenvalue weighted by atomic mass is 35.5. The fraction of sp³-hybridized carbons (Fsp3) is 0.382. The second-order valence-corrected chi connectivity index (χ2v) is 14.0. The minimum atomic E-state index is -0.362. The number of hydrogen-bond acceptors (Lipinski definition) is 8. The van der Waals surface area contributed by atoms with Gasteiger partial charge in [0.1, 0.15) is 6.07 Å². The Balaban J connectivity index is 1.49. The molecule has 2 aromatic carbocycles. The predicted octanol–water partition coefficient (Wildman–Crippen LogP) is 6.99. The highest BCUT2D eigenvalue weighted by Crippen LogP contribution is 2.43. The van der Waals surface area contributed by atoms with E-state index < -0.39 is 0 Å². The van der Waals surface area contributed by atoms with Crippen molar-refractivity contribution < 1.29 is 0 Å². The Morgan fingerprint density at radius 1 is 1.16 bits per heavy atom. The molecule has 228 valence electrons. The molecule has 1 aliphatic carbocycles. The Labute approximate surface area is 262 Å². The van der Waals surface area contributed by atoms with E-state index in [0.29, 0.717) is 33.7 Å². The van der Waals surface area contributed by atoms with Crippen LogP contribution in [0.25, 0.3) is 21.7 Å². The van der Waals surface area contributed by atoms with Gasteiger partial charge in [-0.2, -0.15) is 5.26 Å². The zero-order chi connectivity index (χ0) is 31.4. The minimum absolute atomic E-state index is 0.00669. The highest BCUT2D eigenvalue weighted by molar-refractivity contribution is 6.35. The van der Waals surface area contributed by atoms with E-state index in [1.165, 1.54) is 0 Å². The van der Waals surface area contributed by atoms with Gasteiger partial charge in [0.2, 0.25) is 0 Å². The second kappa shape index (κ2) is 11.0. The standard InChI is InChI=1S/C34H39ClN8O/c1-20(2)42-13-10-23-24(8-7-9-25(23)32(42)44)31(28-18-43(41-40-28)34(6)11-12-34)39-22-14-26-29(38-19-33(3,4)5)21(16-36)17-37-30(26)27(35)15-22/h7-10,13-15,17-18,20,31,39-41H,11-12,19H2,1-6H3,(H,37,38)/t31-/m0/s1. The van der Waals surface area contributed by atoms with Gasteiger partial charge in [0.15, 0.2) is 0 Å². The average Bonchev–Trinajstić information content (AvgIpc) is 3.52. The zero-order valence-electron chi connectivity index (χ0n) is 26.0. The van der Waals surface area contributed by atoms with E-state index in [1.807, 2.05) is 50.4 Å². The molecule has 1 fully saturated rings. The van der Waals surface area contributed by atoms with Crippen molar-refractivity contribution in [3.63, 3.8) is 0 Å². The number of nitriles is 1. The molecule has 4 aromatic rings. The van der Waals surface area contributed by atoms with Gasteiger partial charge in [0, 0.05) is 47.6 Å². The van der Waals surface area contributed by atoms with Crippen LogP contribution in [0.4, 0.5) is 11.4 Å². The molecule has 3 heterocycles. The van der Waals surface area contributed by atoms with Gasteiger partial charge in [-0.05, 0) is 74.2 Å². The topological polar surface area (TPSA) is 110 Å². The summed E-state index contributed by atoms with van der Waals surface area (Å²) in [4.78, 5) is 18.0. The van der Waals surface area contributed by atoms with E-state index >= 15 is 0 Å². The van der Waals surface area contributed by atoms with Crippen LogP contribution in [-0.2, 0) is 0 Å². The van der Waals surface area contributed by atoms with Crippen LogP contribution in [0, 0.1) is 16.7 Å². The monoisotopic (exact) mass is 610 g/mol. The third kappa shape index (κ3) is 5.56. The van der Waals surface area contributed by atoms with Crippen molar-refractivity contribution in [2.75, 3.05) is 17.2 Å². The summed E-state index contributed by atoms with van der Waals surface area (Å²) in [6.45, 7) is 13.3. The van der Waals surface area contributed by atoms with Crippen LogP contribution in [0.2, 0.25) is 5.02 Å². The van der Waals surface area contributed by atoms with E-state index in [4.69, 9.17) is 11.6 Å². The number of pyridine rings is 2. The Kier molecular flexibility index (Phi) is 7.47. The first kappa shape index (κ1) is 29.8. The summed E-state index contributed by atoms with van der Waals surface area (Å²) in [5.41, 5.74) is 11.2. The molecule has 0 bridgehead atoms. The second-order valence-electron chi connectivity index (χ2n) is 13.6. The third-order valence-corrected chi connectivity index (χ3v) is 8.77. The maximum absolute atomic E-state index is 13.5. The number of aromatic nitrogens is 2. The molecular formula is C34H39ClN8O. The number of nitrogens with zero attached hydrogens (tertiary/aromatic N) is 4. The lowest BCUT2D eigenvalue weighted by molar-refractivity contribution is 0.190. The van der Waals surface area contributed by atoms with Crippen molar-refractivity contribution in [3.8, 4) is 6.07 Å². The molecule has 1 atom stereocenters. The molecule has 1 saturated carbocycles. The Morgan fingerprint density at radius 2 is 1.93 bits per heavy atom. The number of benzene rings is 2. The van der Waals surface area contributed by atoms with Crippen LogP contribution < -0.4 is 27.2 Å². The summed E-state index contributed by atoms with van der Waals surface area (Å²) >= 11 is 6.85. The number of hydrogen-bond donors (Lipinski definition) is 4. The lowest BCUT2D eigenvalue weighted by Crippen LogP contribution is -2.43. The number of rotatable bonds is 8. The Hall–Kier alpha value is -4.26. The number of nitrogens with one attached hydrogen (secondary N) is 4. The van der Waals surface area contributed by atoms with Crippen LogP contribution >= 0.6 is 11.6 Å². The molecule has 4 N–H and O–H groups in total. The molecule has 44 heavy (non-hydrogen) atoms. The van der Waals surface area contributed by atoms with Crippen LogP contribution in [-0.4, -0.2) is 26.6 Å². The van der Waals surface area contributed by atoms with Gasteiger partial charge < -0.3 is 20.6 Å². The van der Waals surface area contributed by atoms with Crippen LogP contribution in [0.3, 0.4) is 0 Å². The number of hydrazine groups is 2. The number of halogens is 1. The molecule has 0 radical (unpaired) electrons. The number of fused-ring (bicyclic) bond motifs is 2. The lowest BCUT2D eigenvalue weighted by atomic mass is 9.96. The Bertz CT molecular complexity index is 1890. The van der Waals surface area contributed by atoms with Crippen molar-refractivity contribution in [3.05, 3.63) is 87.2 Å². The quantitative estimate of drug-likeness (QED) is 0.169. The molecule has 9 nitrogen and oxygen atoms in total. The van der Waals surface area contributed by atoms with Crippen molar-refractivity contribution in [2.24, 2.45) is 5.41 Å². The first-order valence-corrected chi connectivity index (χ1v) is 15.5. The predicted molar refractivity (Wildman–Crippen MR) is 178 cm³/mol. The van der Waals surface area contributed by atoms with Crippen LogP contribution in [0.15, 0.2) is 65.5 Å². The molecule has 1 aliphatic heterocycles. The molecular weight excluding hydrogens is 572 g/mol. The molecule has 2 aromatic heterocycles. The van der Waals surface area contributed by atoms with Gasteiger partial charge in [0.05, 0.1) is 39.1 Å². The van der Waals surface area contributed by atoms with Crippen molar-refractivity contribution in [1.82, 2.24) is 25.5 Å². The van der Waals surface area contributed by atoms with Crippen LogP contribution in [0.1, 0.15) is 77.6 Å². The van der Waals surface area contributed by atoms with Crippen molar-refractivity contribution >= 4 is 44.7 Å². The summed E-state index contributed by atoms with van der Waals surface area (Å²) in [7, 11) is 0. The van der Waals surface area contributed by atoms with Gasteiger partial charge in [-0.1, -0.05) is 44.5 Å². The largest absolute Gasteiger partial charge is 0.383 e. The third-order valence-electron chi connectivity index (χ3n) is 8.48. The summed E-state index contributed by atoms with van der Waals surface area (Å²) in [5, 5.41) is 22.0. The lowest BCUT2D eigenvalue weighted by Gasteiger charge is -2.24. The summed E-state index contributed by atoms with van der Waals surface area (Å²) in [6, 6.07) is 13.7. The van der Waals surface area contributed by atoms with E-state index in [-0.39, 0.29) is 28.6 Å². The number of anilines is 2. The SMILES string of the molecule is CC(C)n1ccc2c([C@H](Nc3cc(Cl)c4ncc(C#N)c(NCC(C)(C)C)c4c3)C3=CN(C4(C)CC4)NN3)cccc2c1=O. The molecule has 10 heteroatoms. The van der Waals surface area contributed by atoms with Gasteiger partial charge in [-0.15, -0.1) is 5.53 Å². The van der Waals surface area contributed by atoms with Gasteiger partial charge in [0.25, 0.3) is 5.56 Å². The molecule has 0 amide bonds. The van der Waals surface area contributed by atoms with Crippen molar-refractivity contribution in [1.29, 1.82) is 5.26 Å². The zero-order valence-corrected chi connectivity index (χ0v) is 26.8. The van der Waals surface area contributed by atoms with E-state index in [9.17, 15) is 10.1 Å². The summed E-state index contributed by atoms with van der Waals surface area (Å²) in [5.74, 6) is 0. The molecule has 0 spiro atoms. The van der Waals surface area contributed by atoms with E-state index in [1.54, 1.807) is 10.8 Å². The van der Waals surface area contributed by atoms with Crippen LogP contribution in [0.5, 0.6) is 0 Å². The van der Waals surface area contributed by atoms with E-state index in [2.05, 4.69) is 77.6 Å². The molecule has 0 unspecified atom stereocenters. The highest BCUT2D eigenvalue weighted by Gasteiger charge is 2.44. The minimum Gasteiger partial charge on any atom is -0.383 e. The van der Waals surface area contributed by atoms with E-state index in [0.717, 1.165) is 40.6 Å². The fourth-order valence-electron chi connectivity index (χ4n) is 5.62. The summed E-state index contributed by atoms with van der Waals surface area (Å²) in [6.07, 6.45) is 7.75. The van der Waals surface area contributed by atoms with Gasteiger partial charge >= 0.3 is 0 Å². The van der Waals surface area contributed by atoms with Gasteiger partial charge in [-0.3, -0.25) is 14.8 Å². The molecule has 2 aliphatic rings. The first-order valence-electron chi connectivity index (χ1n) is 15.1. The smallest absolute Gasteiger partial charge is 0.258 e. The first-order chi connectivity index (χ1) is 20.9. The molecule has 6 rings (SSSR count). The van der Waals surface area contributed by atoms with Crippen molar-refractivity contribution in [2.45, 2.75) is 72.0 Å². The maximum atomic E-state index is 13.5. The maximum Gasteiger partial charge on any atom is 0.258 e. The molecule has 0 saturated heterocycles. The Morgan fingerprint density at radius 3 is 2.61 bits per heavy atom.